The minimum absolute atomic E-state index is 0.247. The molecule has 2 aliphatic carbocycles. The maximum atomic E-state index is 11.4. The highest BCUT2D eigenvalue weighted by molar-refractivity contribution is 5.86. The monoisotopic (exact) mass is 234 g/mol. The Bertz CT molecular complexity index is 356. The smallest absolute Gasteiger partial charge is 0.333 e. The van der Waals surface area contributed by atoms with Crippen molar-refractivity contribution in [3.8, 4) is 0 Å². The van der Waals surface area contributed by atoms with Gasteiger partial charge >= 0.3 is 5.97 Å². The van der Waals surface area contributed by atoms with Gasteiger partial charge in [0.25, 0.3) is 0 Å². The lowest BCUT2D eigenvalue weighted by atomic mass is 9.75. The van der Waals surface area contributed by atoms with Crippen molar-refractivity contribution >= 4 is 5.97 Å². The number of hydrogen-bond acceptors (Lipinski definition) is 2. The first-order valence-corrected chi connectivity index (χ1v) is 6.59. The van der Waals surface area contributed by atoms with Crippen LogP contribution in [0.3, 0.4) is 0 Å². The lowest BCUT2D eigenvalue weighted by molar-refractivity contribution is -0.141. The van der Waals surface area contributed by atoms with Gasteiger partial charge in [0.1, 0.15) is 0 Å². The highest BCUT2D eigenvalue weighted by atomic mass is 16.5. The van der Waals surface area contributed by atoms with Crippen LogP contribution in [-0.2, 0) is 9.53 Å². The van der Waals surface area contributed by atoms with Crippen molar-refractivity contribution in [1.29, 1.82) is 0 Å². The average Bonchev–Trinajstić information content (AvgIpc) is 2.83. The first-order valence-electron chi connectivity index (χ1n) is 6.59. The molecule has 0 amide bonds. The Morgan fingerprint density at radius 1 is 1.59 bits per heavy atom. The number of esters is 1. The highest BCUT2D eigenvalue weighted by Crippen LogP contribution is 2.55. The molecule has 0 N–H and O–H groups in total. The molecule has 1 saturated carbocycles. The Hall–Kier alpha value is -1.05. The van der Waals surface area contributed by atoms with Crippen molar-refractivity contribution in [3.63, 3.8) is 0 Å². The van der Waals surface area contributed by atoms with Gasteiger partial charge in [-0.2, -0.15) is 0 Å². The van der Waals surface area contributed by atoms with Crippen molar-refractivity contribution < 1.29 is 9.53 Å². The molecule has 0 heterocycles. The lowest BCUT2D eigenvalue weighted by Crippen LogP contribution is -2.28. The Morgan fingerprint density at radius 2 is 2.35 bits per heavy atom. The summed E-state index contributed by atoms with van der Waals surface area (Å²) in [6.45, 7) is 8.10. The van der Waals surface area contributed by atoms with E-state index in [-0.39, 0.29) is 5.97 Å². The van der Waals surface area contributed by atoms with E-state index in [1.165, 1.54) is 25.7 Å². The van der Waals surface area contributed by atoms with E-state index in [1.807, 2.05) is 0 Å². The van der Waals surface area contributed by atoms with Gasteiger partial charge in [-0.25, -0.2) is 4.79 Å². The fourth-order valence-corrected chi connectivity index (χ4v) is 3.41. The lowest BCUT2D eigenvalue weighted by Gasteiger charge is -2.31. The van der Waals surface area contributed by atoms with Gasteiger partial charge in [-0.3, -0.25) is 0 Å². The van der Waals surface area contributed by atoms with Crippen LogP contribution in [0.25, 0.3) is 0 Å². The molecule has 2 rings (SSSR count). The first-order chi connectivity index (χ1) is 8.07. The normalized spacial score (nSPS) is 34.0. The van der Waals surface area contributed by atoms with Gasteiger partial charge in [0.05, 0.1) is 6.61 Å². The van der Waals surface area contributed by atoms with Crippen LogP contribution in [-0.4, -0.2) is 12.6 Å². The minimum Gasteiger partial charge on any atom is -0.462 e. The van der Waals surface area contributed by atoms with E-state index in [2.05, 4.69) is 25.7 Å². The van der Waals surface area contributed by atoms with E-state index in [4.69, 9.17) is 4.74 Å². The summed E-state index contributed by atoms with van der Waals surface area (Å²) in [5.41, 5.74) is 0.808. The van der Waals surface area contributed by atoms with Crippen LogP contribution in [0, 0.1) is 17.3 Å². The fourth-order valence-electron chi connectivity index (χ4n) is 3.41. The summed E-state index contributed by atoms with van der Waals surface area (Å²) in [5, 5.41) is 0. The third kappa shape index (κ3) is 2.31. The Kier molecular flexibility index (Phi) is 3.41. The number of allylic oxidation sites excluding steroid dienone is 2. The molecular formula is C15H22O2. The number of hydrogen-bond donors (Lipinski definition) is 0. The number of carbonyl (C=O) groups is 1. The molecule has 94 valence electrons. The van der Waals surface area contributed by atoms with Gasteiger partial charge in [0, 0.05) is 11.5 Å². The van der Waals surface area contributed by atoms with Gasteiger partial charge < -0.3 is 4.74 Å². The molecule has 2 bridgehead atoms. The van der Waals surface area contributed by atoms with Crippen molar-refractivity contribution in [1.82, 2.24) is 0 Å². The molecule has 0 radical (unpaired) electrons. The van der Waals surface area contributed by atoms with Gasteiger partial charge in [-0.05, 0) is 37.5 Å². The summed E-state index contributed by atoms with van der Waals surface area (Å²) in [6, 6.07) is 0. The zero-order chi connectivity index (χ0) is 12.5. The summed E-state index contributed by atoms with van der Waals surface area (Å²) >= 11 is 0. The van der Waals surface area contributed by atoms with Gasteiger partial charge in [-0.15, -0.1) is 0 Å². The van der Waals surface area contributed by atoms with Gasteiger partial charge in [-0.1, -0.05) is 32.1 Å². The van der Waals surface area contributed by atoms with E-state index in [1.54, 1.807) is 6.92 Å². The predicted molar refractivity (Wildman–Crippen MR) is 68.5 cm³/mol. The molecule has 0 saturated heterocycles. The van der Waals surface area contributed by atoms with Crippen LogP contribution >= 0.6 is 0 Å². The topological polar surface area (TPSA) is 26.3 Å². The third-order valence-corrected chi connectivity index (χ3v) is 4.22. The Labute approximate surface area is 104 Å². The van der Waals surface area contributed by atoms with Crippen LogP contribution in [0.2, 0.25) is 0 Å². The SMILES string of the molecule is C=C(C)C(=O)OCC1CC2C=CC1(CCC)C2. The molecule has 1 fully saturated rings. The van der Waals surface area contributed by atoms with Gasteiger partial charge in [0.2, 0.25) is 0 Å². The van der Waals surface area contributed by atoms with E-state index >= 15 is 0 Å². The summed E-state index contributed by atoms with van der Waals surface area (Å²) in [7, 11) is 0. The van der Waals surface area contributed by atoms with E-state index < -0.39 is 0 Å². The minimum atomic E-state index is -0.247. The summed E-state index contributed by atoms with van der Waals surface area (Å²) in [6.07, 6.45) is 9.59. The van der Waals surface area contributed by atoms with E-state index in [9.17, 15) is 4.79 Å². The molecule has 2 nitrogen and oxygen atoms in total. The molecule has 3 unspecified atom stereocenters. The zero-order valence-corrected chi connectivity index (χ0v) is 10.9. The molecule has 0 aromatic rings. The Morgan fingerprint density at radius 3 is 2.94 bits per heavy atom. The number of ether oxygens (including phenoxy) is 1. The molecular weight excluding hydrogens is 212 g/mol. The van der Waals surface area contributed by atoms with Crippen molar-refractivity contribution in [3.05, 3.63) is 24.3 Å². The second-order valence-corrected chi connectivity index (χ2v) is 5.62. The van der Waals surface area contributed by atoms with Crippen LogP contribution in [0.4, 0.5) is 0 Å². The van der Waals surface area contributed by atoms with Crippen LogP contribution in [0.15, 0.2) is 24.3 Å². The number of rotatable bonds is 5. The largest absolute Gasteiger partial charge is 0.462 e. The van der Waals surface area contributed by atoms with Crippen LogP contribution in [0.5, 0.6) is 0 Å². The first kappa shape index (κ1) is 12.4. The van der Waals surface area contributed by atoms with Crippen molar-refractivity contribution in [2.75, 3.05) is 6.61 Å². The van der Waals surface area contributed by atoms with E-state index in [0.29, 0.717) is 23.5 Å². The molecule has 17 heavy (non-hydrogen) atoms. The van der Waals surface area contributed by atoms with Crippen LogP contribution < -0.4 is 0 Å². The van der Waals surface area contributed by atoms with Crippen molar-refractivity contribution in [2.45, 2.75) is 39.5 Å². The fraction of sp³-hybridized carbons (Fsp3) is 0.667. The number of carbonyl (C=O) groups excluding carboxylic acids is 1. The summed E-state index contributed by atoms with van der Waals surface area (Å²) in [4.78, 5) is 11.4. The molecule has 0 aromatic carbocycles. The molecule has 2 heteroatoms. The quantitative estimate of drug-likeness (QED) is 0.413. The maximum Gasteiger partial charge on any atom is 0.333 e. The van der Waals surface area contributed by atoms with Gasteiger partial charge in [0.15, 0.2) is 0 Å². The maximum absolute atomic E-state index is 11.4. The molecule has 2 aliphatic rings. The zero-order valence-electron chi connectivity index (χ0n) is 10.9. The standard InChI is InChI=1S/C15H22O2/c1-4-6-15-7-5-12(9-15)8-13(15)10-17-14(16)11(2)3/h5,7,12-13H,2,4,6,8-10H2,1,3H3. The highest BCUT2D eigenvalue weighted by Gasteiger charge is 2.48. The summed E-state index contributed by atoms with van der Waals surface area (Å²) < 4.78 is 5.34. The average molecular weight is 234 g/mol. The second-order valence-electron chi connectivity index (χ2n) is 5.62. The molecule has 0 aliphatic heterocycles. The van der Waals surface area contributed by atoms with Crippen molar-refractivity contribution in [2.24, 2.45) is 17.3 Å². The van der Waals surface area contributed by atoms with Crippen LogP contribution in [0.1, 0.15) is 39.5 Å². The molecule has 3 atom stereocenters. The molecule has 0 spiro atoms. The Balaban J connectivity index is 1.95. The molecule has 0 aromatic heterocycles. The van der Waals surface area contributed by atoms with E-state index in [0.717, 1.165) is 5.92 Å². The summed E-state index contributed by atoms with van der Waals surface area (Å²) in [5.74, 6) is 0.985. The number of fused-ring (bicyclic) bond motifs is 2. The third-order valence-electron chi connectivity index (χ3n) is 4.22. The predicted octanol–water partition coefficient (Wildman–Crippen LogP) is 3.49. The second kappa shape index (κ2) is 4.67.